The minimum atomic E-state index is -1.24. The highest BCUT2D eigenvalue weighted by atomic mass is 16.4. The molecule has 1 aliphatic rings. The fourth-order valence-corrected chi connectivity index (χ4v) is 1.57. The molecule has 0 bridgehead atoms. The Hall–Kier alpha value is -1.79. The number of hydrogen-bond acceptors (Lipinski definition) is 3. The molecule has 0 spiro atoms. The molecular formula is C10H17N3O4. The van der Waals surface area contributed by atoms with Crippen LogP contribution >= 0.6 is 0 Å². The average molecular weight is 243 g/mol. The smallest absolute Gasteiger partial charge is 0.329 e. The van der Waals surface area contributed by atoms with Gasteiger partial charge in [-0.1, -0.05) is 0 Å². The SMILES string of the molecule is CC(NC(=O)NCCC(N)=O)(C(=O)O)C1CC1. The lowest BCUT2D eigenvalue weighted by Gasteiger charge is -2.26. The number of amides is 3. The summed E-state index contributed by atoms with van der Waals surface area (Å²) in [5.41, 5.74) is 3.67. The Kier molecular flexibility index (Phi) is 3.93. The van der Waals surface area contributed by atoms with E-state index in [-0.39, 0.29) is 18.9 Å². The molecule has 0 heterocycles. The molecule has 1 rings (SSSR count). The predicted molar refractivity (Wildman–Crippen MR) is 59.1 cm³/mol. The van der Waals surface area contributed by atoms with Gasteiger partial charge in [-0.15, -0.1) is 0 Å². The highest BCUT2D eigenvalue weighted by Gasteiger charge is 2.48. The number of rotatable bonds is 6. The summed E-state index contributed by atoms with van der Waals surface area (Å²) in [4.78, 5) is 33.0. The minimum Gasteiger partial charge on any atom is -0.480 e. The van der Waals surface area contributed by atoms with Gasteiger partial charge < -0.3 is 21.5 Å². The van der Waals surface area contributed by atoms with E-state index in [4.69, 9.17) is 10.8 Å². The van der Waals surface area contributed by atoms with Crippen LogP contribution in [0.5, 0.6) is 0 Å². The number of urea groups is 1. The summed E-state index contributed by atoms with van der Waals surface area (Å²) < 4.78 is 0. The van der Waals surface area contributed by atoms with Crippen LogP contribution in [-0.2, 0) is 9.59 Å². The van der Waals surface area contributed by atoms with Gasteiger partial charge in [-0.25, -0.2) is 9.59 Å². The van der Waals surface area contributed by atoms with Crippen molar-refractivity contribution in [2.45, 2.75) is 31.7 Å². The van der Waals surface area contributed by atoms with E-state index in [1.807, 2.05) is 0 Å². The second-order valence-electron chi connectivity index (χ2n) is 4.38. The monoisotopic (exact) mass is 243 g/mol. The average Bonchev–Trinajstić information content (AvgIpc) is 2.99. The van der Waals surface area contributed by atoms with Crippen molar-refractivity contribution in [1.29, 1.82) is 0 Å². The highest BCUT2D eigenvalue weighted by Crippen LogP contribution is 2.39. The second kappa shape index (κ2) is 5.03. The Balaban J connectivity index is 2.42. The summed E-state index contributed by atoms with van der Waals surface area (Å²) in [5, 5.41) is 13.9. The molecule has 0 radical (unpaired) electrons. The topological polar surface area (TPSA) is 122 Å². The first-order valence-electron chi connectivity index (χ1n) is 5.44. The lowest BCUT2D eigenvalue weighted by molar-refractivity contribution is -0.144. The molecule has 0 aromatic rings. The minimum absolute atomic E-state index is 0.0260. The van der Waals surface area contributed by atoms with Crippen molar-refractivity contribution < 1.29 is 19.5 Å². The van der Waals surface area contributed by atoms with Crippen molar-refractivity contribution in [3.63, 3.8) is 0 Å². The van der Waals surface area contributed by atoms with E-state index in [1.54, 1.807) is 0 Å². The molecule has 5 N–H and O–H groups in total. The normalized spacial score (nSPS) is 17.9. The Morgan fingerprint density at radius 2 is 2.00 bits per heavy atom. The molecule has 7 heteroatoms. The number of hydrogen-bond donors (Lipinski definition) is 4. The first kappa shape index (κ1) is 13.3. The Bertz CT molecular complexity index is 340. The van der Waals surface area contributed by atoms with Gasteiger partial charge in [0.25, 0.3) is 0 Å². The van der Waals surface area contributed by atoms with Crippen LogP contribution in [0.25, 0.3) is 0 Å². The number of carboxylic acid groups (broad SMARTS) is 1. The van der Waals surface area contributed by atoms with Gasteiger partial charge in [-0.2, -0.15) is 0 Å². The summed E-state index contributed by atoms with van der Waals surface area (Å²) in [5.74, 6) is -1.60. The maximum atomic E-state index is 11.4. The van der Waals surface area contributed by atoms with Crippen molar-refractivity contribution in [3.05, 3.63) is 0 Å². The number of carbonyl (C=O) groups is 3. The number of carbonyl (C=O) groups excluding carboxylic acids is 2. The van der Waals surface area contributed by atoms with Gasteiger partial charge in [-0.05, 0) is 25.7 Å². The molecule has 0 aliphatic heterocycles. The zero-order valence-corrected chi connectivity index (χ0v) is 9.66. The lowest BCUT2D eigenvalue weighted by atomic mass is 9.96. The van der Waals surface area contributed by atoms with E-state index in [0.29, 0.717) is 0 Å². The summed E-state index contributed by atoms with van der Waals surface area (Å²) in [7, 11) is 0. The zero-order valence-electron chi connectivity index (χ0n) is 9.66. The predicted octanol–water partition coefficient (Wildman–Crippen LogP) is -0.586. The van der Waals surface area contributed by atoms with Gasteiger partial charge in [0.1, 0.15) is 5.54 Å². The van der Waals surface area contributed by atoms with Crippen molar-refractivity contribution in [3.8, 4) is 0 Å². The molecule has 0 saturated heterocycles. The third kappa shape index (κ3) is 3.61. The first-order valence-corrected chi connectivity index (χ1v) is 5.44. The molecule has 96 valence electrons. The first-order chi connectivity index (χ1) is 7.86. The Labute approximate surface area is 98.7 Å². The van der Waals surface area contributed by atoms with Crippen LogP contribution in [0.1, 0.15) is 26.2 Å². The maximum absolute atomic E-state index is 11.4. The third-order valence-electron chi connectivity index (χ3n) is 2.87. The molecule has 3 amide bonds. The molecule has 1 fully saturated rings. The molecule has 1 aliphatic carbocycles. The summed E-state index contributed by atoms with van der Waals surface area (Å²) >= 11 is 0. The molecule has 0 aromatic heterocycles. The Morgan fingerprint density at radius 3 is 2.41 bits per heavy atom. The number of carboxylic acids is 1. The van der Waals surface area contributed by atoms with Gasteiger partial charge in [0, 0.05) is 13.0 Å². The third-order valence-corrected chi connectivity index (χ3v) is 2.87. The van der Waals surface area contributed by atoms with E-state index >= 15 is 0 Å². The van der Waals surface area contributed by atoms with Crippen LogP contribution in [0.4, 0.5) is 4.79 Å². The van der Waals surface area contributed by atoms with Crippen LogP contribution in [-0.4, -0.2) is 35.1 Å². The van der Waals surface area contributed by atoms with Gasteiger partial charge in [0.2, 0.25) is 5.91 Å². The summed E-state index contributed by atoms with van der Waals surface area (Å²) in [6.45, 7) is 1.59. The molecule has 17 heavy (non-hydrogen) atoms. The number of nitrogens with one attached hydrogen (secondary N) is 2. The van der Waals surface area contributed by atoms with Crippen LogP contribution in [0, 0.1) is 5.92 Å². The number of primary amides is 1. The van der Waals surface area contributed by atoms with E-state index < -0.39 is 23.4 Å². The van der Waals surface area contributed by atoms with Gasteiger partial charge in [0.05, 0.1) is 0 Å². The van der Waals surface area contributed by atoms with Crippen molar-refractivity contribution in [1.82, 2.24) is 10.6 Å². The fraction of sp³-hybridized carbons (Fsp3) is 0.700. The molecule has 1 unspecified atom stereocenters. The second-order valence-corrected chi connectivity index (χ2v) is 4.38. The zero-order chi connectivity index (χ0) is 13.1. The molecule has 0 aromatic carbocycles. The van der Waals surface area contributed by atoms with E-state index in [2.05, 4.69) is 10.6 Å². The highest BCUT2D eigenvalue weighted by molar-refractivity contribution is 5.86. The van der Waals surface area contributed by atoms with Gasteiger partial charge >= 0.3 is 12.0 Å². The quantitative estimate of drug-likeness (QED) is 0.498. The van der Waals surface area contributed by atoms with Crippen LogP contribution in [0.2, 0.25) is 0 Å². The maximum Gasteiger partial charge on any atom is 0.329 e. The number of nitrogens with two attached hydrogens (primary N) is 1. The number of aliphatic carboxylic acids is 1. The van der Waals surface area contributed by atoms with E-state index in [9.17, 15) is 14.4 Å². The molecule has 7 nitrogen and oxygen atoms in total. The molecule has 1 atom stereocenters. The van der Waals surface area contributed by atoms with Crippen LogP contribution < -0.4 is 16.4 Å². The van der Waals surface area contributed by atoms with E-state index in [0.717, 1.165) is 12.8 Å². The molecule has 1 saturated carbocycles. The van der Waals surface area contributed by atoms with Crippen molar-refractivity contribution in [2.24, 2.45) is 11.7 Å². The lowest BCUT2D eigenvalue weighted by Crippen LogP contribution is -2.56. The standard InChI is InChI=1S/C10H17N3O4/c1-10(8(15)16,6-2-3-6)13-9(17)12-5-4-7(11)14/h6H,2-5H2,1H3,(H2,11,14)(H,15,16)(H2,12,13,17). The van der Waals surface area contributed by atoms with Gasteiger partial charge in [-0.3, -0.25) is 4.79 Å². The molecular weight excluding hydrogens is 226 g/mol. The van der Waals surface area contributed by atoms with E-state index in [1.165, 1.54) is 6.92 Å². The summed E-state index contributed by atoms with van der Waals surface area (Å²) in [6, 6.07) is -0.594. The van der Waals surface area contributed by atoms with Crippen molar-refractivity contribution >= 4 is 17.9 Å². The summed E-state index contributed by atoms with van der Waals surface area (Å²) in [6.07, 6.45) is 1.62. The fourth-order valence-electron chi connectivity index (χ4n) is 1.57. The Morgan fingerprint density at radius 1 is 1.41 bits per heavy atom. The van der Waals surface area contributed by atoms with Gasteiger partial charge in [0.15, 0.2) is 0 Å². The van der Waals surface area contributed by atoms with Crippen molar-refractivity contribution in [2.75, 3.05) is 6.54 Å². The van der Waals surface area contributed by atoms with Crippen LogP contribution in [0.3, 0.4) is 0 Å². The van der Waals surface area contributed by atoms with Crippen LogP contribution in [0.15, 0.2) is 0 Å². The largest absolute Gasteiger partial charge is 0.480 e.